The molecule has 0 unspecified atom stereocenters. The summed E-state index contributed by atoms with van der Waals surface area (Å²) < 4.78 is 58.4. The number of carbonyl (C=O) groups is 2. The fourth-order valence-corrected chi connectivity index (χ4v) is 3.56. The van der Waals surface area contributed by atoms with E-state index >= 15 is 0 Å². The Labute approximate surface area is 308 Å². The molecule has 1 saturated heterocycles. The Morgan fingerprint density at radius 2 is 0.796 bits per heavy atom. The summed E-state index contributed by atoms with van der Waals surface area (Å²) in [5.41, 5.74) is -0.898. The Bertz CT molecular complexity index is 650. The highest BCUT2D eigenvalue weighted by atomic mass is 127. The second-order valence-corrected chi connectivity index (χ2v) is 13.4. The zero-order chi connectivity index (χ0) is 36.9. The second kappa shape index (κ2) is 37.0. The molecule has 1 aliphatic heterocycles. The van der Waals surface area contributed by atoms with Gasteiger partial charge in [0.15, 0.2) is 0 Å². The highest BCUT2D eigenvalue weighted by Gasteiger charge is 2.16. The van der Waals surface area contributed by atoms with E-state index in [9.17, 15) is 9.59 Å². The molecule has 0 amide bonds. The molecule has 0 aromatic heterocycles. The fourth-order valence-electron chi connectivity index (χ4n) is 3.25. The van der Waals surface area contributed by atoms with Gasteiger partial charge in [-0.3, -0.25) is 9.59 Å². The van der Waals surface area contributed by atoms with E-state index in [1.54, 1.807) is 0 Å². The maximum Gasteiger partial charge on any atom is 0.308 e. The second-order valence-electron chi connectivity index (χ2n) is 12.3. The zero-order valence-corrected chi connectivity index (χ0v) is 33.3. The van der Waals surface area contributed by atoms with Crippen LogP contribution >= 0.6 is 22.6 Å². The number of rotatable bonds is 28. The third-order valence-corrected chi connectivity index (χ3v) is 5.70. The lowest BCUT2D eigenvalue weighted by Crippen LogP contribution is -2.24. The Morgan fingerprint density at radius 3 is 1.04 bits per heavy atom. The Morgan fingerprint density at radius 1 is 0.510 bits per heavy atom. The lowest BCUT2D eigenvalue weighted by molar-refractivity contribution is -0.157. The smallest absolute Gasteiger partial charge is 0.308 e. The molecule has 1 rings (SSSR count). The van der Waals surface area contributed by atoms with Crippen LogP contribution in [0.2, 0.25) is 0 Å². The van der Waals surface area contributed by atoms with Gasteiger partial charge in [-0.05, 0) is 54.4 Å². The van der Waals surface area contributed by atoms with Gasteiger partial charge < -0.3 is 57.2 Å². The molecular weight excluding hydrogens is 759 g/mol. The van der Waals surface area contributed by atoms with Gasteiger partial charge in [-0.25, -0.2) is 0 Å². The minimum atomic E-state index is -0.455. The van der Waals surface area contributed by atoms with E-state index in [4.69, 9.17) is 57.2 Å². The SMILES string of the molecule is C1CCOC1.CC(C)(C)OC(=O)CCOCCOCCOCCOCCI.CC(C)(C)OC(=O)CCOCCOCCOCCOCCO. The van der Waals surface area contributed by atoms with Crippen LogP contribution < -0.4 is 0 Å². The number of esters is 2. The van der Waals surface area contributed by atoms with Gasteiger partial charge in [0.25, 0.3) is 0 Å². The summed E-state index contributed by atoms with van der Waals surface area (Å²) in [6.45, 7) is 20.9. The molecule has 49 heavy (non-hydrogen) atoms. The molecule has 0 aromatic rings. The third kappa shape index (κ3) is 49.4. The average Bonchev–Trinajstić information content (AvgIpc) is 3.61. The van der Waals surface area contributed by atoms with Crippen molar-refractivity contribution in [2.75, 3.05) is 130 Å². The number of alkyl halides is 1. The first kappa shape index (κ1) is 50.4. The van der Waals surface area contributed by atoms with Gasteiger partial charge in [0.1, 0.15) is 11.2 Å². The molecule has 14 nitrogen and oxygen atoms in total. The zero-order valence-electron chi connectivity index (χ0n) is 31.1. The number of ether oxygens (including phenoxy) is 11. The minimum Gasteiger partial charge on any atom is -0.460 e. The van der Waals surface area contributed by atoms with E-state index in [0.29, 0.717) is 99.1 Å². The normalized spacial score (nSPS) is 12.9. The van der Waals surface area contributed by atoms with Crippen molar-refractivity contribution in [3.8, 4) is 0 Å². The first-order valence-electron chi connectivity index (χ1n) is 17.2. The Kier molecular flexibility index (Phi) is 38.1. The average molecular weight is 827 g/mol. The van der Waals surface area contributed by atoms with Crippen molar-refractivity contribution in [3.63, 3.8) is 0 Å². The molecule has 294 valence electrons. The molecule has 1 N–H and O–H groups in total. The summed E-state index contributed by atoms with van der Waals surface area (Å²) in [4.78, 5) is 22.8. The van der Waals surface area contributed by atoms with Gasteiger partial charge in [0, 0.05) is 17.6 Å². The monoisotopic (exact) mass is 826 g/mol. The molecule has 1 fully saturated rings. The van der Waals surface area contributed by atoms with Crippen molar-refractivity contribution < 1.29 is 66.8 Å². The molecule has 0 radical (unpaired) electrons. The fraction of sp³-hybridized carbons (Fsp3) is 0.941. The molecule has 0 spiro atoms. The largest absolute Gasteiger partial charge is 0.460 e. The highest BCUT2D eigenvalue weighted by Crippen LogP contribution is 2.09. The van der Waals surface area contributed by atoms with Crippen LogP contribution in [0.15, 0.2) is 0 Å². The van der Waals surface area contributed by atoms with E-state index in [1.165, 1.54) is 12.8 Å². The van der Waals surface area contributed by atoms with Crippen molar-refractivity contribution in [2.24, 2.45) is 0 Å². The first-order chi connectivity index (χ1) is 23.4. The lowest BCUT2D eigenvalue weighted by Gasteiger charge is -2.19. The number of aliphatic hydroxyl groups is 1. The van der Waals surface area contributed by atoms with E-state index in [2.05, 4.69) is 22.6 Å². The van der Waals surface area contributed by atoms with Crippen molar-refractivity contribution in [1.29, 1.82) is 0 Å². The van der Waals surface area contributed by atoms with Gasteiger partial charge in [-0.15, -0.1) is 0 Å². The molecule has 15 heteroatoms. The quantitative estimate of drug-likeness (QED) is 0.0527. The molecule has 1 aliphatic rings. The predicted octanol–water partition coefficient (Wildman–Crippen LogP) is 3.79. The molecule has 0 bridgehead atoms. The number of halogens is 1. The summed E-state index contributed by atoms with van der Waals surface area (Å²) >= 11 is 2.27. The van der Waals surface area contributed by atoms with Gasteiger partial charge in [0.2, 0.25) is 0 Å². The number of hydrogen-bond donors (Lipinski definition) is 1. The van der Waals surface area contributed by atoms with E-state index < -0.39 is 11.2 Å². The number of aliphatic hydroxyl groups excluding tert-OH is 1. The van der Waals surface area contributed by atoms with Gasteiger partial charge in [0.05, 0.1) is 125 Å². The summed E-state index contributed by atoms with van der Waals surface area (Å²) in [6, 6.07) is 0. The molecule has 0 atom stereocenters. The number of hydrogen-bond acceptors (Lipinski definition) is 14. The molecular formula is C34H67IO14. The van der Waals surface area contributed by atoms with Crippen molar-refractivity contribution >= 4 is 34.5 Å². The maximum atomic E-state index is 11.4. The van der Waals surface area contributed by atoms with Crippen LogP contribution in [0.5, 0.6) is 0 Å². The van der Waals surface area contributed by atoms with Crippen molar-refractivity contribution in [3.05, 3.63) is 0 Å². The van der Waals surface area contributed by atoms with Crippen LogP contribution in [-0.2, 0) is 61.7 Å². The van der Waals surface area contributed by atoms with Crippen LogP contribution in [0, 0.1) is 0 Å². The van der Waals surface area contributed by atoms with Gasteiger partial charge in [-0.2, -0.15) is 0 Å². The number of carbonyl (C=O) groups excluding carboxylic acids is 2. The van der Waals surface area contributed by atoms with Gasteiger partial charge >= 0.3 is 11.9 Å². The third-order valence-electron chi connectivity index (χ3n) is 5.26. The summed E-state index contributed by atoms with van der Waals surface area (Å²) in [5.74, 6) is -0.503. The summed E-state index contributed by atoms with van der Waals surface area (Å²) in [7, 11) is 0. The Balaban J connectivity index is 0. The maximum absolute atomic E-state index is 11.4. The van der Waals surface area contributed by atoms with Crippen LogP contribution in [0.25, 0.3) is 0 Å². The molecule has 0 aliphatic carbocycles. The first-order valence-corrected chi connectivity index (χ1v) is 18.7. The van der Waals surface area contributed by atoms with Crippen LogP contribution in [0.3, 0.4) is 0 Å². The Hall–Kier alpha value is -0.730. The summed E-state index contributed by atoms with van der Waals surface area (Å²) in [5, 5.41) is 8.48. The topological polar surface area (TPSA) is 156 Å². The van der Waals surface area contributed by atoms with E-state index in [-0.39, 0.29) is 31.4 Å². The van der Waals surface area contributed by atoms with Gasteiger partial charge in [-0.1, -0.05) is 22.6 Å². The van der Waals surface area contributed by atoms with Crippen LogP contribution in [0.4, 0.5) is 0 Å². The van der Waals surface area contributed by atoms with E-state index in [1.807, 2.05) is 41.5 Å². The highest BCUT2D eigenvalue weighted by molar-refractivity contribution is 14.1. The van der Waals surface area contributed by atoms with E-state index in [0.717, 1.165) is 24.2 Å². The molecule has 0 saturated carbocycles. The predicted molar refractivity (Wildman–Crippen MR) is 194 cm³/mol. The minimum absolute atomic E-state index is 0.0248. The molecule has 1 heterocycles. The van der Waals surface area contributed by atoms with Crippen molar-refractivity contribution in [2.45, 2.75) is 78.4 Å². The standard InChI is InChI=1S/C15H29IO6.C15H30O7.C4H8O/c2*1-15(2,3)22-14(17)4-6-18-8-10-20-12-13-21-11-9-19-7-5-16;1-2-4-5-3-1/h4-13H2,1-3H3;16H,4-13H2,1-3H3;1-4H2. The van der Waals surface area contributed by atoms with Crippen LogP contribution in [-0.4, -0.2) is 158 Å². The summed E-state index contributed by atoms with van der Waals surface area (Å²) in [6.07, 6.45) is 3.06. The molecule has 0 aromatic carbocycles. The van der Waals surface area contributed by atoms with Crippen molar-refractivity contribution in [1.82, 2.24) is 0 Å². The lowest BCUT2D eigenvalue weighted by atomic mass is 10.2. The van der Waals surface area contributed by atoms with Crippen LogP contribution in [0.1, 0.15) is 67.2 Å².